The first-order valence-electron chi connectivity index (χ1n) is 7.29. The molecule has 0 aliphatic carbocycles. The second kappa shape index (κ2) is 9.49. The molecule has 1 heterocycles. The van der Waals surface area contributed by atoms with Crippen LogP contribution in [-0.2, 0) is 9.53 Å². The van der Waals surface area contributed by atoms with E-state index in [1.807, 2.05) is 0 Å². The molecule has 0 bridgehead atoms. The van der Waals surface area contributed by atoms with Gasteiger partial charge in [0.15, 0.2) is 0 Å². The Morgan fingerprint density at radius 1 is 1.26 bits per heavy atom. The zero-order valence-electron chi connectivity index (χ0n) is 12.5. The Bertz CT molecular complexity index is 566. The molecule has 23 heavy (non-hydrogen) atoms. The number of morpholine rings is 1. The highest BCUT2D eigenvalue weighted by molar-refractivity contribution is 7.98. The van der Waals surface area contributed by atoms with E-state index in [1.165, 1.54) is 30.1 Å². The standard InChI is InChI=1S/C15H18Cl2N2O3S/c16-11-2-3-12(13(17)10-11)14(20)15(21)18-23-9-1-4-19-5-7-22-8-6-19/h2-3,10H,1,4-9H2,(H,18,21). The first kappa shape index (κ1) is 18.5. The van der Waals surface area contributed by atoms with Crippen LogP contribution in [0, 0.1) is 0 Å². The maximum Gasteiger partial charge on any atom is 0.302 e. The third-order valence-corrected chi connectivity index (χ3v) is 4.74. The smallest absolute Gasteiger partial charge is 0.302 e. The van der Waals surface area contributed by atoms with Gasteiger partial charge in [-0.05, 0) is 31.2 Å². The normalized spacial score (nSPS) is 15.4. The lowest BCUT2D eigenvalue weighted by molar-refractivity contribution is -0.115. The summed E-state index contributed by atoms with van der Waals surface area (Å²) in [7, 11) is 0. The van der Waals surface area contributed by atoms with E-state index in [9.17, 15) is 9.59 Å². The van der Waals surface area contributed by atoms with Crippen LogP contribution in [0.2, 0.25) is 10.0 Å². The van der Waals surface area contributed by atoms with Gasteiger partial charge in [0, 0.05) is 29.4 Å². The van der Waals surface area contributed by atoms with E-state index in [1.54, 1.807) is 0 Å². The Balaban J connectivity index is 1.68. The van der Waals surface area contributed by atoms with Crippen LogP contribution in [-0.4, -0.2) is 55.2 Å². The van der Waals surface area contributed by atoms with Gasteiger partial charge in [-0.2, -0.15) is 0 Å². The maximum atomic E-state index is 12.0. The zero-order valence-corrected chi connectivity index (χ0v) is 14.8. The van der Waals surface area contributed by atoms with E-state index in [2.05, 4.69) is 9.62 Å². The molecule has 0 spiro atoms. The lowest BCUT2D eigenvalue weighted by atomic mass is 10.1. The summed E-state index contributed by atoms with van der Waals surface area (Å²) in [4.78, 5) is 26.2. The highest BCUT2D eigenvalue weighted by atomic mass is 35.5. The van der Waals surface area contributed by atoms with Gasteiger partial charge in [0.2, 0.25) is 0 Å². The van der Waals surface area contributed by atoms with Gasteiger partial charge in [0.25, 0.3) is 5.78 Å². The summed E-state index contributed by atoms with van der Waals surface area (Å²) in [6.45, 7) is 4.42. The van der Waals surface area contributed by atoms with Gasteiger partial charge < -0.3 is 4.74 Å². The predicted molar refractivity (Wildman–Crippen MR) is 93.3 cm³/mol. The summed E-state index contributed by atoms with van der Waals surface area (Å²) in [5.41, 5.74) is 0.155. The fraction of sp³-hybridized carbons (Fsp3) is 0.467. The summed E-state index contributed by atoms with van der Waals surface area (Å²) >= 11 is 12.9. The highest BCUT2D eigenvalue weighted by Gasteiger charge is 2.19. The number of hydrogen-bond acceptors (Lipinski definition) is 5. The summed E-state index contributed by atoms with van der Waals surface area (Å²) in [6.07, 6.45) is 0.931. The van der Waals surface area contributed by atoms with E-state index in [-0.39, 0.29) is 10.6 Å². The molecule has 1 aliphatic heterocycles. The quantitative estimate of drug-likeness (QED) is 0.343. The first-order chi connectivity index (χ1) is 11.1. The predicted octanol–water partition coefficient (Wildman–Crippen LogP) is 2.66. The number of amides is 1. The first-order valence-corrected chi connectivity index (χ1v) is 9.03. The van der Waals surface area contributed by atoms with Crippen LogP contribution in [0.25, 0.3) is 0 Å². The minimum Gasteiger partial charge on any atom is -0.379 e. The molecule has 0 atom stereocenters. The molecule has 1 aromatic rings. The van der Waals surface area contributed by atoms with Crippen molar-refractivity contribution in [2.75, 3.05) is 38.6 Å². The number of nitrogens with one attached hydrogen (secondary N) is 1. The van der Waals surface area contributed by atoms with E-state index in [0.29, 0.717) is 5.02 Å². The molecule has 0 saturated carbocycles. The number of hydrogen-bond donors (Lipinski definition) is 1. The van der Waals surface area contributed by atoms with Crippen molar-refractivity contribution in [2.24, 2.45) is 0 Å². The van der Waals surface area contributed by atoms with E-state index < -0.39 is 11.7 Å². The van der Waals surface area contributed by atoms with Crippen molar-refractivity contribution >= 4 is 46.8 Å². The van der Waals surface area contributed by atoms with E-state index >= 15 is 0 Å². The monoisotopic (exact) mass is 376 g/mol. The number of benzene rings is 1. The molecule has 0 radical (unpaired) electrons. The number of ketones is 1. The molecule has 2 rings (SSSR count). The van der Waals surface area contributed by atoms with Crippen molar-refractivity contribution in [3.8, 4) is 0 Å². The third-order valence-electron chi connectivity index (χ3n) is 3.37. The number of nitrogens with zero attached hydrogens (tertiary/aromatic N) is 1. The average Bonchev–Trinajstić information content (AvgIpc) is 2.55. The molecule has 126 valence electrons. The van der Waals surface area contributed by atoms with Crippen molar-refractivity contribution in [1.82, 2.24) is 9.62 Å². The van der Waals surface area contributed by atoms with Gasteiger partial charge in [0.1, 0.15) is 0 Å². The van der Waals surface area contributed by atoms with Crippen LogP contribution in [0.5, 0.6) is 0 Å². The Labute approximate surface area is 149 Å². The van der Waals surface area contributed by atoms with Gasteiger partial charge >= 0.3 is 5.91 Å². The van der Waals surface area contributed by atoms with Gasteiger partial charge in [0.05, 0.1) is 18.2 Å². The van der Waals surface area contributed by atoms with Crippen LogP contribution in [0.4, 0.5) is 0 Å². The largest absolute Gasteiger partial charge is 0.379 e. The van der Waals surface area contributed by atoms with Gasteiger partial charge in [-0.3, -0.25) is 19.2 Å². The van der Waals surface area contributed by atoms with Crippen LogP contribution >= 0.6 is 35.1 Å². The molecule has 5 nitrogen and oxygen atoms in total. The Kier molecular flexibility index (Phi) is 7.65. The van der Waals surface area contributed by atoms with Crippen molar-refractivity contribution in [1.29, 1.82) is 0 Å². The molecule has 8 heteroatoms. The van der Waals surface area contributed by atoms with Gasteiger partial charge in [-0.1, -0.05) is 35.1 Å². The lowest BCUT2D eigenvalue weighted by Gasteiger charge is -2.26. The number of rotatable bonds is 7. The Morgan fingerprint density at radius 2 is 2.00 bits per heavy atom. The molecule has 1 amide bonds. The topological polar surface area (TPSA) is 58.6 Å². The summed E-state index contributed by atoms with van der Waals surface area (Å²) in [5, 5.41) is 0.597. The molecule has 1 aliphatic rings. The molecular weight excluding hydrogens is 359 g/mol. The molecule has 1 saturated heterocycles. The van der Waals surface area contributed by atoms with Crippen LogP contribution in [0.3, 0.4) is 0 Å². The van der Waals surface area contributed by atoms with E-state index in [4.69, 9.17) is 27.9 Å². The van der Waals surface area contributed by atoms with Gasteiger partial charge in [-0.25, -0.2) is 0 Å². The number of halogens is 2. The van der Waals surface area contributed by atoms with Crippen molar-refractivity contribution in [3.05, 3.63) is 33.8 Å². The minimum absolute atomic E-state index is 0.155. The molecular formula is C15H18Cl2N2O3S. The summed E-state index contributed by atoms with van der Waals surface area (Å²) < 4.78 is 7.84. The Hall–Kier alpha value is -0.790. The Morgan fingerprint density at radius 3 is 2.70 bits per heavy atom. The maximum absolute atomic E-state index is 12.0. The van der Waals surface area contributed by atoms with Crippen molar-refractivity contribution in [3.63, 3.8) is 0 Å². The molecule has 1 aromatic carbocycles. The highest BCUT2D eigenvalue weighted by Crippen LogP contribution is 2.21. The summed E-state index contributed by atoms with van der Waals surface area (Å²) in [6, 6.07) is 4.43. The number of ether oxygens (including phenoxy) is 1. The number of carbonyl (C=O) groups excluding carboxylic acids is 2. The second-order valence-corrected chi connectivity index (χ2v) is 6.79. The fourth-order valence-corrected chi connectivity index (χ4v) is 3.24. The van der Waals surface area contributed by atoms with Crippen LogP contribution in [0.1, 0.15) is 16.8 Å². The molecule has 1 N–H and O–H groups in total. The summed E-state index contributed by atoms with van der Waals surface area (Å²) in [5.74, 6) is -0.594. The van der Waals surface area contributed by atoms with Crippen LogP contribution in [0.15, 0.2) is 18.2 Å². The van der Waals surface area contributed by atoms with Crippen LogP contribution < -0.4 is 4.72 Å². The second-order valence-electron chi connectivity index (χ2n) is 5.04. The fourth-order valence-electron chi connectivity index (χ4n) is 2.14. The average molecular weight is 377 g/mol. The van der Waals surface area contributed by atoms with Crippen molar-refractivity contribution in [2.45, 2.75) is 6.42 Å². The lowest BCUT2D eigenvalue weighted by Crippen LogP contribution is -2.37. The molecule has 0 unspecified atom stereocenters. The number of carbonyl (C=O) groups is 2. The third kappa shape index (κ3) is 5.97. The number of Topliss-reactive ketones (excluding diaryl/α,β-unsaturated/α-hetero) is 1. The molecule has 0 aromatic heterocycles. The minimum atomic E-state index is -0.675. The van der Waals surface area contributed by atoms with Crippen molar-refractivity contribution < 1.29 is 14.3 Å². The molecule has 1 fully saturated rings. The SMILES string of the molecule is O=C(NSCCCN1CCOCC1)C(=O)c1ccc(Cl)cc1Cl. The zero-order chi connectivity index (χ0) is 16.7. The van der Waals surface area contributed by atoms with Gasteiger partial charge in [-0.15, -0.1) is 0 Å². The van der Waals surface area contributed by atoms with E-state index in [0.717, 1.165) is 45.0 Å².